The monoisotopic (exact) mass is 343 g/mol. The number of hydrogen-bond donors (Lipinski definition) is 1. The molecule has 0 spiro atoms. The summed E-state index contributed by atoms with van der Waals surface area (Å²) >= 11 is 0. The van der Waals surface area contributed by atoms with Crippen LogP contribution in [0.15, 0.2) is 78.9 Å². The maximum atomic E-state index is 5.41. The van der Waals surface area contributed by atoms with Gasteiger partial charge in [-0.2, -0.15) is 0 Å². The fraction of sp³-hybridized carbons (Fsp3) is 0.250. The highest BCUT2D eigenvalue weighted by Crippen LogP contribution is 2.37. The van der Waals surface area contributed by atoms with Crippen LogP contribution in [-0.4, -0.2) is 13.7 Å². The van der Waals surface area contributed by atoms with E-state index in [2.05, 4.69) is 84.2 Å². The molecule has 1 heterocycles. The van der Waals surface area contributed by atoms with E-state index in [1.54, 1.807) is 7.11 Å². The van der Waals surface area contributed by atoms with Crippen molar-refractivity contribution in [2.45, 2.75) is 24.8 Å². The Bertz CT molecular complexity index is 805. The summed E-state index contributed by atoms with van der Waals surface area (Å²) in [5, 5.41) is 3.74. The molecule has 1 aliphatic rings. The molecule has 3 aromatic carbocycles. The lowest BCUT2D eigenvalue weighted by Gasteiger charge is -2.31. The average Bonchev–Trinajstić information content (AvgIpc) is 2.73. The highest BCUT2D eigenvalue weighted by Gasteiger charge is 2.25. The van der Waals surface area contributed by atoms with Crippen LogP contribution in [0.5, 0.6) is 5.75 Å². The van der Waals surface area contributed by atoms with Crippen LogP contribution < -0.4 is 10.1 Å². The van der Waals surface area contributed by atoms with Crippen LogP contribution in [0, 0.1) is 0 Å². The van der Waals surface area contributed by atoms with Crippen LogP contribution in [0.1, 0.15) is 40.6 Å². The number of rotatable bonds is 5. The lowest BCUT2D eigenvalue weighted by atomic mass is 9.82. The number of ether oxygens (including phenoxy) is 1. The minimum atomic E-state index is 0.357. The normalized spacial score (nSPS) is 16.3. The van der Waals surface area contributed by atoms with Crippen molar-refractivity contribution in [2.75, 3.05) is 13.7 Å². The smallest absolute Gasteiger partial charge is 0.119 e. The molecule has 1 N–H and O–H groups in total. The molecule has 26 heavy (non-hydrogen) atoms. The fourth-order valence-corrected chi connectivity index (χ4v) is 4.04. The molecule has 1 atom stereocenters. The zero-order chi connectivity index (χ0) is 17.8. The van der Waals surface area contributed by atoms with E-state index in [4.69, 9.17) is 4.74 Å². The third-order valence-electron chi connectivity index (χ3n) is 5.39. The standard InChI is InChI=1S/C24H25NO/c1-26-21-12-13-22-20(16-21)14-15-25-24(22)17-23(18-8-4-2-5-9-18)19-10-6-3-7-11-19/h2-13,16,23-25H,14-15,17H2,1H3. The van der Waals surface area contributed by atoms with Gasteiger partial charge >= 0.3 is 0 Å². The van der Waals surface area contributed by atoms with Gasteiger partial charge in [-0.15, -0.1) is 0 Å². The lowest BCUT2D eigenvalue weighted by molar-refractivity contribution is 0.410. The molecular weight excluding hydrogens is 318 g/mol. The molecule has 0 aromatic heterocycles. The van der Waals surface area contributed by atoms with Gasteiger partial charge in [0.15, 0.2) is 0 Å². The minimum Gasteiger partial charge on any atom is -0.497 e. The Morgan fingerprint density at radius 2 is 1.58 bits per heavy atom. The molecule has 4 rings (SSSR count). The SMILES string of the molecule is COc1ccc2c(c1)CCNC2CC(c1ccccc1)c1ccccc1. The molecule has 0 saturated carbocycles. The van der Waals surface area contributed by atoms with Gasteiger partial charge in [0.1, 0.15) is 5.75 Å². The van der Waals surface area contributed by atoms with Crippen molar-refractivity contribution in [2.24, 2.45) is 0 Å². The summed E-state index contributed by atoms with van der Waals surface area (Å²) in [6, 6.07) is 28.6. The molecule has 2 nitrogen and oxygen atoms in total. The van der Waals surface area contributed by atoms with E-state index in [1.165, 1.54) is 22.3 Å². The molecule has 1 aliphatic heterocycles. The first-order valence-electron chi connectivity index (χ1n) is 9.35. The first kappa shape index (κ1) is 16.9. The van der Waals surface area contributed by atoms with E-state index < -0.39 is 0 Å². The van der Waals surface area contributed by atoms with Gasteiger partial charge in [0.25, 0.3) is 0 Å². The van der Waals surface area contributed by atoms with Gasteiger partial charge in [-0.3, -0.25) is 0 Å². The van der Waals surface area contributed by atoms with E-state index in [-0.39, 0.29) is 0 Å². The quantitative estimate of drug-likeness (QED) is 0.695. The topological polar surface area (TPSA) is 21.3 Å². The Kier molecular flexibility index (Phi) is 5.03. The molecule has 0 radical (unpaired) electrons. The van der Waals surface area contributed by atoms with Gasteiger partial charge < -0.3 is 10.1 Å². The van der Waals surface area contributed by atoms with Crippen molar-refractivity contribution in [3.63, 3.8) is 0 Å². The Morgan fingerprint density at radius 1 is 0.923 bits per heavy atom. The molecule has 132 valence electrons. The van der Waals surface area contributed by atoms with Crippen LogP contribution in [0.2, 0.25) is 0 Å². The minimum absolute atomic E-state index is 0.357. The summed E-state index contributed by atoms with van der Waals surface area (Å²) in [5.74, 6) is 1.33. The number of benzene rings is 3. The number of nitrogens with one attached hydrogen (secondary N) is 1. The molecule has 3 aromatic rings. The van der Waals surface area contributed by atoms with Gasteiger partial charge in [-0.1, -0.05) is 66.7 Å². The predicted octanol–water partition coefficient (Wildman–Crippen LogP) is 5.10. The fourth-order valence-electron chi connectivity index (χ4n) is 4.04. The van der Waals surface area contributed by atoms with E-state index in [1.807, 2.05) is 0 Å². The van der Waals surface area contributed by atoms with Gasteiger partial charge in [0.05, 0.1) is 7.11 Å². The molecule has 0 amide bonds. The van der Waals surface area contributed by atoms with E-state index in [0.717, 1.165) is 25.1 Å². The largest absolute Gasteiger partial charge is 0.497 e. The van der Waals surface area contributed by atoms with Gasteiger partial charge in [-0.05, 0) is 53.8 Å². The van der Waals surface area contributed by atoms with Gasteiger partial charge in [0, 0.05) is 12.0 Å². The summed E-state index contributed by atoms with van der Waals surface area (Å²) in [6.45, 7) is 1.02. The molecule has 0 aliphatic carbocycles. The van der Waals surface area contributed by atoms with Crippen LogP contribution in [0.4, 0.5) is 0 Å². The number of methoxy groups -OCH3 is 1. The molecule has 0 saturated heterocycles. The summed E-state index contributed by atoms with van der Waals surface area (Å²) in [7, 11) is 1.74. The summed E-state index contributed by atoms with van der Waals surface area (Å²) in [6.07, 6.45) is 2.11. The van der Waals surface area contributed by atoms with Crippen LogP contribution in [0.3, 0.4) is 0 Å². The molecule has 2 heteroatoms. The van der Waals surface area contributed by atoms with Crippen molar-refractivity contribution in [1.82, 2.24) is 5.32 Å². The Hall–Kier alpha value is -2.58. The predicted molar refractivity (Wildman–Crippen MR) is 107 cm³/mol. The number of fused-ring (bicyclic) bond motifs is 1. The maximum absolute atomic E-state index is 5.41. The van der Waals surface area contributed by atoms with E-state index in [9.17, 15) is 0 Å². The van der Waals surface area contributed by atoms with Crippen LogP contribution in [-0.2, 0) is 6.42 Å². The van der Waals surface area contributed by atoms with E-state index >= 15 is 0 Å². The lowest BCUT2D eigenvalue weighted by Crippen LogP contribution is -2.31. The summed E-state index contributed by atoms with van der Waals surface area (Å²) in [4.78, 5) is 0. The highest BCUT2D eigenvalue weighted by molar-refractivity contribution is 5.40. The average molecular weight is 343 g/mol. The number of hydrogen-bond acceptors (Lipinski definition) is 2. The molecular formula is C24H25NO. The molecule has 0 bridgehead atoms. The second-order valence-electron chi connectivity index (χ2n) is 6.93. The second-order valence-corrected chi connectivity index (χ2v) is 6.93. The van der Waals surface area contributed by atoms with Gasteiger partial charge in [0.2, 0.25) is 0 Å². The van der Waals surface area contributed by atoms with Crippen molar-refractivity contribution in [1.29, 1.82) is 0 Å². The third kappa shape index (κ3) is 3.51. The Morgan fingerprint density at radius 3 is 2.19 bits per heavy atom. The van der Waals surface area contributed by atoms with Crippen molar-refractivity contribution in [3.8, 4) is 5.75 Å². The maximum Gasteiger partial charge on any atom is 0.119 e. The van der Waals surface area contributed by atoms with Gasteiger partial charge in [-0.25, -0.2) is 0 Å². The van der Waals surface area contributed by atoms with E-state index in [0.29, 0.717) is 12.0 Å². The Labute approximate surface area is 155 Å². The Balaban J connectivity index is 1.67. The van der Waals surface area contributed by atoms with Crippen molar-refractivity contribution < 1.29 is 4.74 Å². The molecule has 1 unspecified atom stereocenters. The second kappa shape index (κ2) is 7.76. The van der Waals surface area contributed by atoms with Crippen LogP contribution in [0.25, 0.3) is 0 Å². The van der Waals surface area contributed by atoms with Crippen LogP contribution >= 0.6 is 0 Å². The zero-order valence-corrected chi connectivity index (χ0v) is 15.2. The highest BCUT2D eigenvalue weighted by atomic mass is 16.5. The summed E-state index contributed by atoms with van der Waals surface area (Å²) in [5.41, 5.74) is 5.57. The first-order chi connectivity index (χ1) is 12.8. The first-order valence-corrected chi connectivity index (χ1v) is 9.35. The molecule has 0 fully saturated rings. The third-order valence-corrected chi connectivity index (χ3v) is 5.39. The van der Waals surface area contributed by atoms with Crippen molar-refractivity contribution in [3.05, 3.63) is 101 Å². The van der Waals surface area contributed by atoms with Crippen molar-refractivity contribution >= 4 is 0 Å². The summed E-state index contributed by atoms with van der Waals surface area (Å²) < 4.78 is 5.41. The zero-order valence-electron chi connectivity index (χ0n) is 15.2.